The Labute approximate surface area is 68.3 Å². The smallest absolute Gasteiger partial charge is 0.0248 e. The molecule has 0 aromatic heterocycles. The van der Waals surface area contributed by atoms with Gasteiger partial charge >= 0.3 is 0 Å². The average Bonchev–Trinajstić information content (AvgIpc) is 1.99. The van der Waals surface area contributed by atoms with Crippen molar-refractivity contribution in [1.82, 2.24) is 0 Å². The van der Waals surface area contributed by atoms with Crippen LogP contribution < -0.4 is 0 Å². The fourth-order valence-corrected chi connectivity index (χ4v) is 1.12. The van der Waals surface area contributed by atoms with Crippen LogP contribution in [-0.2, 0) is 0 Å². The van der Waals surface area contributed by atoms with Crippen molar-refractivity contribution in [3.8, 4) is 12.3 Å². The third kappa shape index (κ3) is 1.43. The number of aryl methyl sites for hydroxylation is 2. The predicted molar refractivity (Wildman–Crippen MR) is 48.6 cm³/mol. The molecule has 0 aliphatic rings. The number of terminal acetylenes is 1. The lowest BCUT2D eigenvalue weighted by molar-refractivity contribution is 1.26. The van der Waals surface area contributed by atoms with Gasteiger partial charge in [-0.3, -0.25) is 0 Å². The van der Waals surface area contributed by atoms with Gasteiger partial charge in [0.05, 0.1) is 0 Å². The molecule has 0 spiro atoms. The third-order valence-corrected chi connectivity index (χ3v) is 2.09. The normalized spacial score (nSPS) is 9.27. The largest absolute Gasteiger partial charge is 0.115 e. The first-order valence-corrected chi connectivity index (χ1v) is 3.69. The monoisotopic (exact) mass is 144 g/mol. The lowest BCUT2D eigenvalue weighted by atomic mass is 10.0. The van der Waals surface area contributed by atoms with Crippen LogP contribution in [0.3, 0.4) is 0 Å². The van der Waals surface area contributed by atoms with Crippen LogP contribution >= 0.6 is 0 Å². The molecule has 0 radical (unpaired) electrons. The predicted octanol–water partition coefficient (Wildman–Crippen LogP) is 2.59. The lowest BCUT2D eigenvalue weighted by Gasteiger charge is -2.04. The van der Waals surface area contributed by atoms with Crippen LogP contribution in [0.5, 0.6) is 0 Å². The molecule has 0 saturated heterocycles. The van der Waals surface area contributed by atoms with Gasteiger partial charge < -0.3 is 0 Å². The molecule has 0 saturated carbocycles. The van der Waals surface area contributed by atoms with Gasteiger partial charge in [0.25, 0.3) is 0 Å². The molecule has 1 rings (SSSR count). The molecule has 0 aliphatic carbocycles. The average molecular weight is 144 g/mol. The molecule has 0 amide bonds. The molecule has 0 heterocycles. The van der Waals surface area contributed by atoms with Crippen LogP contribution in [0.2, 0.25) is 0 Å². The van der Waals surface area contributed by atoms with E-state index in [1.54, 1.807) is 0 Å². The second kappa shape index (κ2) is 2.80. The van der Waals surface area contributed by atoms with Crippen LogP contribution in [0.4, 0.5) is 0 Å². The van der Waals surface area contributed by atoms with Crippen LogP contribution in [0.1, 0.15) is 22.3 Å². The summed E-state index contributed by atoms with van der Waals surface area (Å²) in [5, 5.41) is 0. The van der Waals surface area contributed by atoms with E-state index in [1.165, 1.54) is 16.7 Å². The van der Waals surface area contributed by atoms with Crippen molar-refractivity contribution < 1.29 is 0 Å². The van der Waals surface area contributed by atoms with Crippen LogP contribution in [-0.4, -0.2) is 0 Å². The first-order chi connectivity index (χ1) is 5.15. The van der Waals surface area contributed by atoms with E-state index in [9.17, 15) is 0 Å². The van der Waals surface area contributed by atoms with Crippen molar-refractivity contribution in [3.05, 3.63) is 34.4 Å². The summed E-state index contributed by atoms with van der Waals surface area (Å²) < 4.78 is 0. The van der Waals surface area contributed by atoms with E-state index in [1.807, 2.05) is 12.1 Å². The van der Waals surface area contributed by atoms with Crippen LogP contribution in [0, 0.1) is 33.1 Å². The maximum atomic E-state index is 5.29. The first kappa shape index (κ1) is 7.88. The van der Waals surface area contributed by atoms with E-state index in [2.05, 4.69) is 26.7 Å². The minimum atomic E-state index is 0.977. The maximum Gasteiger partial charge on any atom is 0.0248 e. The summed E-state index contributed by atoms with van der Waals surface area (Å²) in [5.74, 6) is 2.64. The van der Waals surface area contributed by atoms with Gasteiger partial charge in [0.1, 0.15) is 0 Å². The Kier molecular flexibility index (Phi) is 2.01. The third-order valence-electron chi connectivity index (χ3n) is 2.09. The Balaban J connectivity index is 3.35. The van der Waals surface area contributed by atoms with Gasteiger partial charge in [0.2, 0.25) is 0 Å². The Morgan fingerprint density at radius 2 is 1.55 bits per heavy atom. The Morgan fingerprint density at radius 3 is 1.91 bits per heavy atom. The second-order valence-corrected chi connectivity index (χ2v) is 2.88. The van der Waals surface area contributed by atoms with Crippen LogP contribution in [0.15, 0.2) is 12.1 Å². The summed E-state index contributed by atoms with van der Waals surface area (Å²) in [6.45, 7) is 6.29. The van der Waals surface area contributed by atoms with Gasteiger partial charge in [-0.15, -0.1) is 6.42 Å². The topological polar surface area (TPSA) is 0 Å². The Morgan fingerprint density at radius 1 is 1.09 bits per heavy atom. The zero-order chi connectivity index (χ0) is 8.43. The fraction of sp³-hybridized carbons (Fsp3) is 0.273. The van der Waals surface area contributed by atoms with E-state index in [0.717, 1.165) is 5.56 Å². The van der Waals surface area contributed by atoms with E-state index in [4.69, 9.17) is 6.42 Å². The van der Waals surface area contributed by atoms with Crippen molar-refractivity contribution in [2.24, 2.45) is 0 Å². The van der Waals surface area contributed by atoms with E-state index in [-0.39, 0.29) is 0 Å². The van der Waals surface area contributed by atoms with E-state index in [0.29, 0.717) is 0 Å². The molecule has 1 aromatic carbocycles. The highest BCUT2D eigenvalue weighted by Crippen LogP contribution is 2.14. The molecule has 0 atom stereocenters. The SMILES string of the molecule is C#Cc1cc(C)c(C)c(C)c1. The number of rotatable bonds is 0. The Hall–Kier alpha value is -1.22. The van der Waals surface area contributed by atoms with Gasteiger partial charge in [-0.2, -0.15) is 0 Å². The van der Waals surface area contributed by atoms with Gasteiger partial charge in [-0.25, -0.2) is 0 Å². The molecule has 0 nitrogen and oxygen atoms in total. The molecule has 0 unspecified atom stereocenters. The standard InChI is InChI=1S/C11H12/c1-5-11-6-8(2)10(4)9(3)7-11/h1,6-7H,2-4H3. The highest BCUT2D eigenvalue weighted by Gasteiger charge is 1.97. The van der Waals surface area contributed by atoms with Gasteiger partial charge in [0, 0.05) is 5.56 Å². The summed E-state index contributed by atoms with van der Waals surface area (Å²) in [6, 6.07) is 4.09. The zero-order valence-corrected chi connectivity index (χ0v) is 7.23. The number of hydrogen-bond donors (Lipinski definition) is 0. The Bertz CT molecular complexity index is 290. The summed E-state index contributed by atoms with van der Waals surface area (Å²) in [4.78, 5) is 0. The molecular weight excluding hydrogens is 132 g/mol. The number of benzene rings is 1. The molecule has 0 fully saturated rings. The van der Waals surface area contributed by atoms with Crippen molar-refractivity contribution in [2.45, 2.75) is 20.8 Å². The molecule has 0 aliphatic heterocycles. The van der Waals surface area contributed by atoms with Crippen molar-refractivity contribution >= 4 is 0 Å². The number of hydrogen-bond acceptors (Lipinski definition) is 0. The molecule has 0 heteroatoms. The summed E-state index contributed by atoms with van der Waals surface area (Å²) in [6.07, 6.45) is 5.29. The molecular formula is C11H12. The quantitative estimate of drug-likeness (QED) is 0.491. The van der Waals surface area contributed by atoms with Gasteiger partial charge in [-0.1, -0.05) is 5.92 Å². The lowest BCUT2D eigenvalue weighted by Crippen LogP contribution is -1.87. The second-order valence-electron chi connectivity index (χ2n) is 2.88. The summed E-state index contributed by atoms with van der Waals surface area (Å²) >= 11 is 0. The highest BCUT2D eigenvalue weighted by molar-refractivity contribution is 5.43. The van der Waals surface area contributed by atoms with Crippen molar-refractivity contribution in [2.75, 3.05) is 0 Å². The molecule has 11 heavy (non-hydrogen) atoms. The summed E-state index contributed by atoms with van der Waals surface area (Å²) in [5.41, 5.74) is 4.87. The molecule has 1 aromatic rings. The maximum absolute atomic E-state index is 5.29. The van der Waals surface area contributed by atoms with Gasteiger partial charge in [0.15, 0.2) is 0 Å². The molecule has 0 bridgehead atoms. The molecule has 0 N–H and O–H groups in total. The van der Waals surface area contributed by atoms with E-state index < -0.39 is 0 Å². The first-order valence-electron chi connectivity index (χ1n) is 3.69. The highest BCUT2D eigenvalue weighted by atomic mass is 14.0. The fourth-order valence-electron chi connectivity index (χ4n) is 1.12. The molecule has 56 valence electrons. The zero-order valence-electron chi connectivity index (χ0n) is 7.23. The van der Waals surface area contributed by atoms with Crippen LogP contribution in [0.25, 0.3) is 0 Å². The van der Waals surface area contributed by atoms with E-state index >= 15 is 0 Å². The van der Waals surface area contributed by atoms with Crippen molar-refractivity contribution in [3.63, 3.8) is 0 Å². The van der Waals surface area contributed by atoms with Crippen molar-refractivity contribution in [1.29, 1.82) is 0 Å². The van der Waals surface area contributed by atoms with Gasteiger partial charge in [-0.05, 0) is 49.6 Å². The minimum Gasteiger partial charge on any atom is -0.115 e. The minimum absolute atomic E-state index is 0.977. The summed E-state index contributed by atoms with van der Waals surface area (Å²) in [7, 11) is 0.